The lowest BCUT2D eigenvalue weighted by Crippen LogP contribution is -2.37. The molecule has 1 N–H and O–H groups in total. The standard InChI is InChI=1S/C22H27N3O2/c1-24(2)20-13-7-6-12-19(20)22(27)23-18-15-21(26)25(16-18)14-8-11-17-9-4-3-5-10-17/h3-7,9-10,12-13,18H,8,11,14-16H2,1-2H3,(H,23,27)/t18-/m0/s1. The largest absolute Gasteiger partial charge is 0.377 e. The van der Waals surface area contributed by atoms with Gasteiger partial charge in [-0.1, -0.05) is 42.5 Å². The third-order valence-electron chi connectivity index (χ3n) is 4.92. The second kappa shape index (κ2) is 8.71. The van der Waals surface area contributed by atoms with Gasteiger partial charge in [-0.2, -0.15) is 0 Å². The monoisotopic (exact) mass is 365 g/mol. The van der Waals surface area contributed by atoms with Crippen LogP contribution in [0.25, 0.3) is 0 Å². The van der Waals surface area contributed by atoms with Gasteiger partial charge < -0.3 is 15.1 Å². The smallest absolute Gasteiger partial charge is 0.253 e. The summed E-state index contributed by atoms with van der Waals surface area (Å²) in [7, 11) is 3.83. The number of rotatable bonds is 7. The molecule has 0 radical (unpaired) electrons. The molecule has 0 spiro atoms. The van der Waals surface area contributed by atoms with E-state index in [9.17, 15) is 9.59 Å². The number of hydrogen-bond acceptors (Lipinski definition) is 3. The molecule has 2 aromatic rings. The third kappa shape index (κ3) is 4.88. The number of benzene rings is 2. The zero-order valence-corrected chi connectivity index (χ0v) is 16.0. The zero-order chi connectivity index (χ0) is 19.2. The number of hydrogen-bond donors (Lipinski definition) is 1. The molecule has 2 aromatic carbocycles. The molecule has 3 rings (SSSR count). The number of nitrogens with one attached hydrogen (secondary N) is 1. The topological polar surface area (TPSA) is 52.7 Å². The van der Waals surface area contributed by atoms with Crippen molar-refractivity contribution in [3.63, 3.8) is 0 Å². The first-order chi connectivity index (χ1) is 13.0. The highest BCUT2D eigenvalue weighted by Gasteiger charge is 2.30. The molecule has 0 unspecified atom stereocenters. The number of amides is 2. The first-order valence-electron chi connectivity index (χ1n) is 9.43. The number of carbonyl (C=O) groups is 2. The molecular weight excluding hydrogens is 338 g/mol. The zero-order valence-electron chi connectivity index (χ0n) is 16.0. The molecule has 0 bridgehead atoms. The van der Waals surface area contributed by atoms with Crippen molar-refractivity contribution in [3.8, 4) is 0 Å². The average molecular weight is 365 g/mol. The average Bonchev–Trinajstić information content (AvgIpc) is 3.01. The molecule has 1 heterocycles. The fourth-order valence-electron chi connectivity index (χ4n) is 3.52. The molecule has 1 saturated heterocycles. The Hall–Kier alpha value is -2.82. The summed E-state index contributed by atoms with van der Waals surface area (Å²) in [5.41, 5.74) is 2.80. The predicted molar refractivity (Wildman–Crippen MR) is 108 cm³/mol. The van der Waals surface area contributed by atoms with Gasteiger partial charge in [0.15, 0.2) is 0 Å². The highest BCUT2D eigenvalue weighted by Crippen LogP contribution is 2.19. The summed E-state index contributed by atoms with van der Waals surface area (Å²) in [4.78, 5) is 28.7. The van der Waals surface area contributed by atoms with Crippen LogP contribution in [-0.2, 0) is 11.2 Å². The maximum Gasteiger partial charge on any atom is 0.253 e. The summed E-state index contributed by atoms with van der Waals surface area (Å²) >= 11 is 0. The van der Waals surface area contributed by atoms with Gasteiger partial charge in [-0.3, -0.25) is 9.59 Å². The lowest BCUT2D eigenvalue weighted by Gasteiger charge is -2.19. The van der Waals surface area contributed by atoms with Gasteiger partial charge in [-0.15, -0.1) is 0 Å². The Bertz CT molecular complexity index is 789. The minimum atomic E-state index is -0.128. The Labute approximate surface area is 161 Å². The minimum absolute atomic E-state index is 0.120. The number of aryl methyl sites for hydroxylation is 1. The Balaban J connectivity index is 1.52. The number of likely N-dealkylation sites (tertiary alicyclic amines) is 1. The second-order valence-corrected chi connectivity index (χ2v) is 7.21. The Morgan fingerprint density at radius 1 is 1.11 bits per heavy atom. The van der Waals surface area contributed by atoms with E-state index in [2.05, 4.69) is 17.4 Å². The van der Waals surface area contributed by atoms with Crippen molar-refractivity contribution in [2.75, 3.05) is 32.1 Å². The van der Waals surface area contributed by atoms with Gasteiger partial charge >= 0.3 is 0 Å². The summed E-state index contributed by atoms with van der Waals surface area (Å²) in [6, 6.07) is 17.7. The first-order valence-corrected chi connectivity index (χ1v) is 9.43. The number of nitrogens with zero attached hydrogens (tertiary/aromatic N) is 2. The van der Waals surface area contributed by atoms with E-state index in [-0.39, 0.29) is 17.9 Å². The molecule has 1 aliphatic heterocycles. The van der Waals surface area contributed by atoms with Gasteiger partial charge in [0.05, 0.1) is 11.6 Å². The summed E-state index contributed by atoms with van der Waals surface area (Å²) in [6.07, 6.45) is 2.26. The lowest BCUT2D eigenvalue weighted by atomic mass is 10.1. The van der Waals surface area contributed by atoms with E-state index in [4.69, 9.17) is 0 Å². The third-order valence-corrected chi connectivity index (χ3v) is 4.92. The fourth-order valence-corrected chi connectivity index (χ4v) is 3.52. The number of para-hydroxylation sites is 1. The molecule has 1 aliphatic rings. The van der Waals surface area contributed by atoms with Crippen molar-refractivity contribution in [3.05, 3.63) is 65.7 Å². The highest BCUT2D eigenvalue weighted by atomic mass is 16.2. The molecule has 5 nitrogen and oxygen atoms in total. The number of carbonyl (C=O) groups excluding carboxylic acids is 2. The van der Waals surface area contributed by atoms with Crippen LogP contribution in [-0.4, -0.2) is 49.9 Å². The van der Waals surface area contributed by atoms with Crippen molar-refractivity contribution < 1.29 is 9.59 Å². The molecule has 0 aromatic heterocycles. The molecule has 1 atom stereocenters. The van der Waals surface area contributed by atoms with Crippen LogP contribution in [0.5, 0.6) is 0 Å². The van der Waals surface area contributed by atoms with E-state index in [0.29, 0.717) is 18.5 Å². The van der Waals surface area contributed by atoms with Crippen LogP contribution < -0.4 is 10.2 Å². The van der Waals surface area contributed by atoms with Crippen LogP contribution in [0.1, 0.15) is 28.8 Å². The molecule has 1 fully saturated rings. The lowest BCUT2D eigenvalue weighted by molar-refractivity contribution is -0.127. The summed E-state index contributed by atoms with van der Waals surface area (Å²) in [5.74, 6) is -0.00232. The van der Waals surface area contributed by atoms with Crippen molar-refractivity contribution in [2.24, 2.45) is 0 Å². The van der Waals surface area contributed by atoms with Gasteiger partial charge in [0, 0.05) is 39.3 Å². The van der Waals surface area contributed by atoms with Crippen molar-refractivity contribution in [1.29, 1.82) is 0 Å². The van der Waals surface area contributed by atoms with E-state index in [0.717, 1.165) is 25.1 Å². The van der Waals surface area contributed by atoms with Crippen LogP contribution in [0.3, 0.4) is 0 Å². The Morgan fingerprint density at radius 3 is 2.56 bits per heavy atom. The SMILES string of the molecule is CN(C)c1ccccc1C(=O)N[C@H]1CC(=O)N(CCCc2ccccc2)C1. The van der Waals surface area contributed by atoms with Crippen LogP contribution >= 0.6 is 0 Å². The van der Waals surface area contributed by atoms with Gasteiger partial charge in [-0.25, -0.2) is 0 Å². The van der Waals surface area contributed by atoms with E-state index < -0.39 is 0 Å². The molecule has 27 heavy (non-hydrogen) atoms. The van der Waals surface area contributed by atoms with E-state index in [1.165, 1.54) is 5.56 Å². The predicted octanol–water partition coefficient (Wildman–Crippen LogP) is 2.72. The minimum Gasteiger partial charge on any atom is -0.377 e. The highest BCUT2D eigenvalue weighted by molar-refractivity contribution is 6.00. The van der Waals surface area contributed by atoms with Crippen LogP contribution in [0.2, 0.25) is 0 Å². The maximum absolute atomic E-state index is 12.7. The molecule has 0 aliphatic carbocycles. The van der Waals surface area contributed by atoms with Crippen molar-refractivity contribution in [1.82, 2.24) is 10.2 Å². The maximum atomic E-state index is 12.7. The summed E-state index contributed by atoms with van der Waals surface area (Å²) < 4.78 is 0. The van der Waals surface area contributed by atoms with Gasteiger partial charge in [0.1, 0.15) is 0 Å². The second-order valence-electron chi connectivity index (χ2n) is 7.21. The van der Waals surface area contributed by atoms with Crippen molar-refractivity contribution in [2.45, 2.75) is 25.3 Å². The first kappa shape index (κ1) is 19.0. The van der Waals surface area contributed by atoms with Gasteiger partial charge in [-0.05, 0) is 30.5 Å². The normalized spacial score (nSPS) is 16.4. The van der Waals surface area contributed by atoms with Crippen molar-refractivity contribution >= 4 is 17.5 Å². The molecule has 142 valence electrons. The van der Waals surface area contributed by atoms with Gasteiger partial charge in [0.2, 0.25) is 5.91 Å². The number of anilines is 1. The van der Waals surface area contributed by atoms with Crippen LogP contribution in [0.15, 0.2) is 54.6 Å². The molecule has 5 heteroatoms. The molecule has 0 saturated carbocycles. The molecule has 2 amide bonds. The van der Waals surface area contributed by atoms with E-state index in [1.54, 1.807) is 0 Å². The fraction of sp³-hybridized carbons (Fsp3) is 0.364. The van der Waals surface area contributed by atoms with E-state index in [1.807, 2.05) is 66.4 Å². The molecular formula is C22H27N3O2. The Kier molecular flexibility index (Phi) is 6.12. The quantitative estimate of drug-likeness (QED) is 0.821. The van der Waals surface area contributed by atoms with Crippen LogP contribution in [0.4, 0.5) is 5.69 Å². The summed E-state index contributed by atoms with van der Waals surface area (Å²) in [5, 5.41) is 3.03. The summed E-state index contributed by atoms with van der Waals surface area (Å²) in [6.45, 7) is 1.32. The Morgan fingerprint density at radius 2 is 1.81 bits per heavy atom. The van der Waals surface area contributed by atoms with Gasteiger partial charge in [0.25, 0.3) is 5.91 Å². The van der Waals surface area contributed by atoms with E-state index >= 15 is 0 Å². The van der Waals surface area contributed by atoms with Crippen LogP contribution in [0, 0.1) is 0 Å².